The number of aliphatic hydroxyl groups is 1. The van der Waals surface area contributed by atoms with Gasteiger partial charge < -0.3 is 28.8 Å². The molecule has 3 aliphatic heterocycles. The molecule has 0 aliphatic carbocycles. The summed E-state index contributed by atoms with van der Waals surface area (Å²) in [6.07, 6.45) is 11.3. The zero-order valence-corrected chi connectivity index (χ0v) is 20.6. The monoisotopic (exact) mass is 482 g/mol. The van der Waals surface area contributed by atoms with Crippen LogP contribution in [0.3, 0.4) is 0 Å². The number of hydrogen-bond donors (Lipinski definition) is 1. The molecule has 0 saturated carbocycles. The van der Waals surface area contributed by atoms with Crippen LogP contribution in [0.5, 0.6) is 0 Å². The molecule has 0 unspecified atom stereocenters. The molecule has 2 saturated heterocycles. The van der Waals surface area contributed by atoms with Crippen LogP contribution in [-0.4, -0.2) is 72.5 Å². The minimum absolute atomic E-state index is 0.0277. The summed E-state index contributed by atoms with van der Waals surface area (Å²) in [6, 6.07) is 8.58. The maximum absolute atomic E-state index is 13.5. The molecular formula is C28H38N2O5. The van der Waals surface area contributed by atoms with Gasteiger partial charge in [-0.15, -0.1) is 0 Å². The fraction of sp³-hybridized carbons (Fsp3) is 0.607. The molecule has 7 nitrogen and oxygen atoms in total. The lowest BCUT2D eigenvalue weighted by Gasteiger charge is -2.40. The van der Waals surface area contributed by atoms with Crippen LogP contribution in [0.4, 0.5) is 0 Å². The molecule has 0 bridgehead atoms. The Morgan fingerprint density at radius 2 is 1.86 bits per heavy atom. The Bertz CT molecular complexity index is 1000. The first-order valence-electron chi connectivity index (χ1n) is 13.3. The van der Waals surface area contributed by atoms with E-state index in [1.54, 1.807) is 6.26 Å². The van der Waals surface area contributed by atoms with Gasteiger partial charge in [-0.1, -0.05) is 24.6 Å². The molecule has 5 rings (SSSR count). The van der Waals surface area contributed by atoms with E-state index in [4.69, 9.17) is 19.0 Å². The highest BCUT2D eigenvalue weighted by molar-refractivity contribution is 5.92. The lowest BCUT2D eigenvalue weighted by Crippen LogP contribution is -2.49. The van der Waals surface area contributed by atoms with Crippen molar-refractivity contribution in [3.05, 3.63) is 47.9 Å². The van der Waals surface area contributed by atoms with Gasteiger partial charge >= 0.3 is 0 Å². The minimum atomic E-state index is -0.498. The second kappa shape index (κ2) is 11.6. The van der Waals surface area contributed by atoms with Gasteiger partial charge in [0, 0.05) is 49.0 Å². The SMILES string of the molecule is O=C(C1=C[C@H](c2coc3ccccc23)C[C@H](OCCCCO)O1)N1CCC(N2CCCCC2)CC1. The minimum Gasteiger partial charge on any atom is -0.464 e. The summed E-state index contributed by atoms with van der Waals surface area (Å²) in [7, 11) is 0. The number of carbonyl (C=O) groups is 1. The number of carbonyl (C=O) groups excluding carboxylic acids is 1. The molecule has 0 radical (unpaired) electrons. The molecule has 0 spiro atoms. The molecule has 1 N–H and O–H groups in total. The van der Waals surface area contributed by atoms with Crippen molar-refractivity contribution in [2.24, 2.45) is 0 Å². The number of aliphatic hydroxyl groups excluding tert-OH is 1. The van der Waals surface area contributed by atoms with Gasteiger partial charge in [0.15, 0.2) is 5.76 Å². The lowest BCUT2D eigenvalue weighted by molar-refractivity contribution is -0.153. The van der Waals surface area contributed by atoms with Crippen molar-refractivity contribution in [1.82, 2.24) is 9.80 Å². The average Bonchev–Trinajstić information content (AvgIpc) is 3.35. The Morgan fingerprint density at radius 1 is 1.06 bits per heavy atom. The largest absolute Gasteiger partial charge is 0.464 e. The number of furan rings is 1. The molecule has 1 aromatic heterocycles. The summed E-state index contributed by atoms with van der Waals surface area (Å²) in [5.41, 5.74) is 1.90. The number of piperidine rings is 2. The summed E-state index contributed by atoms with van der Waals surface area (Å²) in [5, 5.41) is 10.1. The van der Waals surface area contributed by atoms with Crippen LogP contribution in [0, 0.1) is 0 Å². The molecule has 35 heavy (non-hydrogen) atoms. The Kier molecular flexibility index (Phi) is 8.06. The second-order valence-electron chi connectivity index (χ2n) is 10.0. The number of hydrogen-bond acceptors (Lipinski definition) is 6. The second-order valence-corrected chi connectivity index (χ2v) is 10.0. The van der Waals surface area contributed by atoms with E-state index in [1.165, 1.54) is 32.4 Å². The Balaban J connectivity index is 1.29. The predicted molar refractivity (Wildman–Crippen MR) is 134 cm³/mol. The van der Waals surface area contributed by atoms with E-state index in [2.05, 4.69) is 11.0 Å². The average molecular weight is 483 g/mol. The van der Waals surface area contributed by atoms with Crippen molar-refractivity contribution in [2.75, 3.05) is 39.4 Å². The summed E-state index contributed by atoms with van der Waals surface area (Å²) in [6.45, 7) is 4.57. The van der Waals surface area contributed by atoms with Crippen LogP contribution in [0.25, 0.3) is 11.0 Å². The highest BCUT2D eigenvalue weighted by atomic mass is 16.7. The molecule has 1 amide bonds. The van der Waals surface area contributed by atoms with Crippen LogP contribution in [0.2, 0.25) is 0 Å². The van der Waals surface area contributed by atoms with Crippen molar-refractivity contribution < 1.29 is 23.8 Å². The normalized spacial score (nSPS) is 24.4. The molecule has 7 heteroatoms. The summed E-state index contributed by atoms with van der Waals surface area (Å²) in [4.78, 5) is 18.1. The van der Waals surface area contributed by atoms with Gasteiger partial charge in [0.05, 0.1) is 12.9 Å². The smallest absolute Gasteiger partial charge is 0.288 e. The van der Waals surface area contributed by atoms with Crippen LogP contribution in [0.15, 0.2) is 46.8 Å². The van der Waals surface area contributed by atoms with Gasteiger partial charge in [-0.3, -0.25) is 4.79 Å². The molecule has 4 heterocycles. The van der Waals surface area contributed by atoms with Gasteiger partial charge in [0.25, 0.3) is 5.91 Å². The van der Waals surface area contributed by atoms with Gasteiger partial charge in [0.1, 0.15) is 5.58 Å². The Labute approximate surface area is 207 Å². The topological polar surface area (TPSA) is 75.4 Å². The van der Waals surface area contributed by atoms with Gasteiger partial charge in [-0.25, -0.2) is 0 Å². The van der Waals surface area contributed by atoms with E-state index < -0.39 is 6.29 Å². The molecule has 3 aliphatic rings. The number of unbranched alkanes of at least 4 members (excludes halogenated alkanes) is 1. The molecule has 1 aromatic carbocycles. The number of amides is 1. The van der Waals surface area contributed by atoms with Gasteiger partial charge in [0.2, 0.25) is 6.29 Å². The van der Waals surface area contributed by atoms with Crippen molar-refractivity contribution in [3.63, 3.8) is 0 Å². The molecule has 2 aromatic rings. The van der Waals surface area contributed by atoms with Crippen molar-refractivity contribution in [3.8, 4) is 0 Å². The summed E-state index contributed by atoms with van der Waals surface area (Å²) >= 11 is 0. The van der Waals surface area contributed by atoms with Crippen molar-refractivity contribution in [2.45, 2.75) is 69.6 Å². The van der Waals surface area contributed by atoms with E-state index in [1.807, 2.05) is 29.2 Å². The number of para-hydroxylation sites is 1. The maximum atomic E-state index is 13.5. The summed E-state index contributed by atoms with van der Waals surface area (Å²) in [5.74, 6) is 0.318. The van der Waals surface area contributed by atoms with Crippen LogP contribution >= 0.6 is 0 Å². The molecular weight excluding hydrogens is 444 g/mol. The number of ether oxygens (including phenoxy) is 2. The van der Waals surface area contributed by atoms with Crippen LogP contribution in [0.1, 0.15) is 62.8 Å². The maximum Gasteiger partial charge on any atom is 0.288 e. The number of rotatable bonds is 8. The van der Waals surface area contributed by atoms with Crippen molar-refractivity contribution in [1.29, 1.82) is 0 Å². The number of fused-ring (bicyclic) bond motifs is 1. The fourth-order valence-electron chi connectivity index (χ4n) is 5.72. The third kappa shape index (κ3) is 5.74. The lowest BCUT2D eigenvalue weighted by atomic mass is 9.92. The van der Waals surface area contributed by atoms with Gasteiger partial charge in [-0.2, -0.15) is 0 Å². The fourth-order valence-corrected chi connectivity index (χ4v) is 5.72. The zero-order chi connectivity index (χ0) is 24.0. The number of likely N-dealkylation sites (tertiary alicyclic amines) is 2. The van der Waals surface area contributed by atoms with E-state index in [9.17, 15) is 4.79 Å². The molecule has 2 atom stereocenters. The standard InChI is InChI=1S/C28H38N2O5/c31-16-6-7-17-33-27-19-21(24-20-34-25-9-3-2-8-23(24)25)18-26(35-27)28(32)30-14-10-22(11-15-30)29-12-4-1-5-13-29/h2-3,8-9,18,20-22,27,31H,1,4-7,10-17,19H2/t21-,27+/m0/s1. The first-order chi connectivity index (χ1) is 17.2. The molecule has 190 valence electrons. The first-order valence-corrected chi connectivity index (χ1v) is 13.3. The van der Waals surface area contributed by atoms with Crippen molar-refractivity contribution >= 4 is 16.9 Å². The number of allylic oxidation sites excluding steroid dienone is 1. The van der Waals surface area contributed by atoms with E-state index in [0.717, 1.165) is 48.9 Å². The Morgan fingerprint density at radius 3 is 2.66 bits per heavy atom. The quantitative estimate of drug-likeness (QED) is 0.562. The van der Waals surface area contributed by atoms with E-state index >= 15 is 0 Å². The van der Waals surface area contributed by atoms with E-state index in [0.29, 0.717) is 31.2 Å². The highest BCUT2D eigenvalue weighted by Crippen LogP contribution is 2.37. The summed E-state index contributed by atoms with van der Waals surface area (Å²) < 4.78 is 17.9. The number of benzene rings is 1. The van der Waals surface area contributed by atoms with Gasteiger partial charge in [-0.05, 0) is 63.8 Å². The van der Waals surface area contributed by atoms with Crippen LogP contribution < -0.4 is 0 Å². The van der Waals surface area contributed by atoms with Crippen LogP contribution in [-0.2, 0) is 14.3 Å². The molecule has 2 fully saturated rings. The number of nitrogens with zero attached hydrogens (tertiary/aromatic N) is 2. The highest BCUT2D eigenvalue weighted by Gasteiger charge is 2.34. The predicted octanol–water partition coefficient (Wildman–Crippen LogP) is 4.41. The van der Waals surface area contributed by atoms with E-state index in [-0.39, 0.29) is 18.4 Å². The Hall–Kier alpha value is -2.35. The first kappa shape index (κ1) is 24.3. The third-order valence-corrected chi connectivity index (χ3v) is 7.69. The zero-order valence-electron chi connectivity index (χ0n) is 20.6. The third-order valence-electron chi connectivity index (χ3n) is 7.69.